The highest BCUT2D eigenvalue weighted by Crippen LogP contribution is 2.25. The Hall–Kier alpha value is -0.0800. The van der Waals surface area contributed by atoms with E-state index in [1.165, 1.54) is 38.8 Å². The van der Waals surface area contributed by atoms with Gasteiger partial charge in [-0.1, -0.05) is 20.8 Å². The summed E-state index contributed by atoms with van der Waals surface area (Å²) >= 11 is 0. The Balaban J connectivity index is 2.44. The second kappa shape index (κ2) is 6.49. The topological polar surface area (TPSA) is 29.3 Å². The maximum atomic E-state index is 5.82. The summed E-state index contributed by atoms with van der Waals surface area (Å²) in [5.74, 6) is 1.79. The van der Waals surface area contributed by atoms with E-state index >= 15 is 0 Å². The van der Waals surface area contributed by atoms with Crippen LogP contribution in [-0.4, -0.2) is 30.6 Å². The molecule has 90 valence electrons. The molecular weight excluding hydrogens is 184 g/mol. The van der Waals surface area contributed by atoms with E-state index in [-0.39, 0.29) is 0 Å². The van der Waals surface area contributed by atoms with Crippen molar-refractivity contribution in [2.24, 2.45) is 17.6 Å². The molecule has 2 atom stereocenters. The largest absolute Gasteiger partial charge is 0.329 e. The summed E-state index contributed by atoms with van der Waals surface area (Å²) in [5, 5.41) is 0. The lowest BCUT2D eigenvalue weighted by molar-refractivity contribution is 0.197. The number of likely N-dealkylation sites (tertiary alicyclic amines) is 1. The molecule has 1 saturated heterocycles. The van der Waals surface area contributed by atoms with Crippen molar-refractivity contribution in [1.29, 1.82) is 0 Å². The minimum Gasteiger partial charge on any atom is -0.329 e. The number of nitrogens with two attached hydrogens (primary N) is 1. The second-order valence-corrected chi connectivity index (χ2v) is 5.27. The molecule has 0 bridgehead atoms. The molecule has 1 aliphatic rings. The maximum Gasteiger partial charge on any atom is 0.0215 e. The summed E-state index contributed by atoms with van der Waals surface area (Å²) < 4.78 is 0. The van der Waals surface area contributed by atoms with Crippen LogP contribution in [0.15, 0.2) is 0 Å². The van der Waals surface area contributed by atoms with E-state index in [1.54, 1.807) is 0 Å². The molecule has 2 nitrogen and oxygen atoms in total. The van der Waals surface area contributed by atoms with Crippen LogP contribution in [0.3, 0.4) is 0 Å². The van der Waals surface area contributed by atoms with Gasteiger partial charge in [0, 0.05) is 12.6 Å². The highest BCUT2D eigenvalue weighted by atomic mass is 15.2. The van der Waals surface area contributed by atoms with Crippen LogP contribution in [0.2, 0.25) is 0 Å². The van der Waals surface area contributed by atoms with Gasteiger partial charge in [-0.15, -0.1) is 0 Å². The molecule has 0 saturated carbocycles. The zero-order valence-corrected chi connectivity index (χ0v) is 10.7. The molecule has 2 heteroatoms. The molecule has 0 aromatic heterocycles. The monoisotopic (exact) mass is 212 g/mol. The Labute approximate surface area is 95.2 Å². The van der Waals surface area contributed by atoms with Crippen molar-refractivity contribution in [1.82, 2.24) is 4.90 Å². The van der Waals surface area contributed by atoms with Gasteiger partial charge in [-0.2, -0.15) is 0 Å². The Bertz CT molecular complexity index is 164. The SMILES string of the molecule is CCC(CN)N1CCCC(C(C)C)CC1. The predicted molar refractivity (Wildman–Crippen MR) is 66.9 cm³/mol. The van der Waals surface area contributed by atoms with Crippen LogP contribution in [0.25, 0.3) is 0 Å². The third kappa shape index (κ3) is 3.76. The van der Waals surface area contributed by atoms with Crippen molar-refractivity contribution in [3.63, 3.8) is 0 Å². The maximum absolute atomic E-state index is 5.82. The summed E-state index contributed by atoms with van der Waals surface area (Å²) in [6, 6.07) is 0.621. The van der Waals surface area contributed by atoms with Gasteiger partial charge < -0.3 is 5.73 Å². The summed E-state index contributed by atoms with van der Waals surface area (Å²) in [7, 11) is 0. The molecule has 1 aliphatic heterocycles. The number of nitrogens with zero attached hydrogens (tertiary/aromatic N) is 1. The average molecular weight is 212 g/mol. The Morgan fingerprint density at radius 3 is 2.53 bits per heavy atom. The van der Waals surface area contributed by atoms with Gasteiger partial charge in [-0.05, 0) is 50.6 Å². The van der Waals surface area contributed by atoms with Crippen LogP contribution in [0.5, 0.6) is 0 Å². The predicted octanol–water partition coefficient (Wildman–Crippen LogP) is 2.48. The number of rotatable bonds is 4. The van der Waals surface area contributed by atoms with Gasteiger partial charge in [-0.3, -0.25) is 4.90 Å². The van der Waals surface area contributed by atoms with Crippen molar-refractivity contribution in [2.45, 2.75) is 52.5 Å². The van der Waals surface area contributed by atoms with E-state index in [0.717, 1.165) is 18.4 Å². The summed E-state index contributed by atoms with van der Waals surface area (Å²) in [6.07, 6.45) is 5.34. The molecule has 0 radical (unpaired) electrons. The van der Waals surface area contributed by atoms with Crippen molar-refractivity contribution < 1.29 is 0 Å². The zero-order valence-electron chi connectivity index (χ0n) is 10.7. The van der Waals surface area contributed by atoms with E-state index in [4.69, 9.17) is 5.73 Å². The molecule has 1 fully saturated rings. The van der Waals surface area contributed by atoms with E-state index in [9.17, 15) is 0 Å². The lowest BCUT2D eigenvalue weighted by Gasteiger charge is -2.29. The fourth-order valence-electron chi connectivity index (χ4n) is 2.75. The molecule has 0 aromatic carbocycles. The van der Waals surface area contributed by atoms with Gasteiger partial charge in [0.1, 0.15) is 0 Å². The normalized spacial score (nSPS) is 26.6. The molecule has 2 unspecified atom stereocenters. The molecule has 15 heavy (non-hydrogen) atoms. The van der Waals surface area contributed by atoms with Crippen LogP contribution < -0.4 is 5.73 Å². The molecule has 1 rings (SSSR count). The lowest BCUT2D eigenvalue weighted by atomic mass is 9.89. The van der Waals surface area contributed by atoms with E-state index in [1.807, 2.05) is 0 Å². The highest BCUT2D eigenvalue weighted by molar-refractivity contribution is 4.77. The highest BCUT2D eigenvalue weighted by Gasteiger charge is 2.22. The van der Waals surface area contributed by atoms with E-state index < -0.39 is 0 Å². The fraction of sp³-hybridized carbons (Fsp3) is 1.00. The number of hydrogen-bond donors (Lipinski definition) is 1. The van der Waals surface area contributed by atoms with Crippen LogP contribution in [0.4, 0.5) is 0 Å². The Morgan fingerprint density at radius 1 is 1.27 bits per heavy atom. The quantitative estimate of drug-likeness (QED) is 0.776. The minimum atomic E-state index is 0.621. The molecule has 0 aromatic rings. The molecule has 0 amide bonds. The fourth-order valence-corrected chi connectivity index (χ4v) is 2.75. The molecule has 0 spiro atoms. The first-order valence-corrected chi connectivity index (χ1v) is 6.63. The van der Waals surface area contributed by atoms with E-state index in [2.05, 4.69) is 25.7 Å². The molecular formula is C13H28N2. The van der Waals surface area contributed by atoms with Crippen LogP contribution in [-0.2, 0) is 0 Å². The van der Waals surface area contributed by atoms with Gasteiger partial charge >= 0.3 is 0 Å². The Kier molecular flexibility index (Phi) is 5.62. The summed E-state index contributed by atoms with van der Waals surface area (Å²) in [6.45, 7) is 10.3. The average Bonchev–Trinajstić information content (AvgIpc) is 2.45. The van der Waals surface area contributed by atoms with Crippen molar-refractivity contribution in [3.8, 4) is 0 Å². The number of hydrogen-bond acceptors (Lipinski definition) is 2. The van der Waals surface area contributed by atoms with Crippen LogP contribution in [0.1, 0.15) is 46.5 Å². The standard InChI is InChI=1S/C13H28N2/c1-4-13(10-14)15-8-5-6-12(7-9-15)11(2)3/h11-13H,4-10,14H2,1-3H3. The van der Waals surface area contributed by atoms with Gasteiger partial charge in [-0.25, -0.2) is 0 Å². The Morgan fingerprint density at radius 2 is 2.00 bits per heavy atom. The summed E-state index contributed by atoms with van der Waals surface area (Å²) in [5.41, 5.74) is 5.82. The lowest BCUT2D eigenvalue weighted by Crippen LogP contribution is -2.40. The first-order chi connectivity index (χ1) is 7.19. The zero-order chi connectivity index (χ0) is 11.3. The third-order valence-electron chi connectivity index (χ3n) is 4.01. The first kappa shape index (κ1) is 13.0. The van der Waals surface area contributed by atoms with Gasteiger partial charge in [0.15, 0.2) is 0 Å². The van der Waals surface area contributed by atoms with Crippen molar-refractivity contribution >= 4 is 0 Å². The third-order valence-corrected chi connectivity index (χ3v) is 4.01. The smallest absolute Gasteiger partial charge is 0.0215 e. The van der Waals surface area contributed by atoms with Gasteiger partial charge in [0.2, 0.25) is 0 Å². The summed E-state index contributed by atoms with van der Waals surface area (Å²) in [4.78, 5) is 2.61. The van der Waals surface area contributed by atoms with Gasteiger partial charge in [0.25, 0.3) is 0 Å². The van der Waals surface area contributed by atoms with E-state index in [0.29, 0.717) is 6.04 Å². The van der Waals surface area contributed by atoms with Crippen molar-refractivity contribution in [2.75, 3.05) is 19.6 Å². The minimum absolute atomic E-state index is 0.621. The van der Waals surface area contributed by atoms with Crippen molar-refractivity contribution in [3.05, 3.63) is 0 Å². The molecule has 2 N–H and O–H groups in total. The van der Waals surface area contributed by atoms with Crippen LogP contribution >= 0.6 is 0 Å². The van der Waals surface area contributed by atoms with Gasteiger partial charge in [0.05, 0.1) is 0 Å². The molecule has 1 heterocycles. The molecule has 0 aliphatic carbocycles. The van der Waals surface area contributed by atoms with Crippen LogP contribution in [0, 0.1) is 11.8 Å². The first-order valence-electron chi connectivity index (χ1n) is 6.63. The second-order valence-electron chi connectivity index (χ2n) is 5.27.